The molecule has 4 nitrogen and oxygen atoms in total. The molecule has 0 unspecified atom stereocenters. The van der Waals surface area contributed by atoms with Crippen LogP contribution in [0.3, 0.4) is 0 Å². The Labute approximate surface area is 127 Å². The van der Waals surface area contributed by atoms with E-state index in [1.165, 1.54) is 0 Å². The number of likely N-dealkylation sites (N-methyl/N-ethyl adjacent to an activating group) is 1. The molecule has 0 aliphatic rings. The fourth-order valence-corrected chi connectivity index (χ4v) is 2.87. The van der Waals surface area contributed by atoms with Crippen molar-refractivity contribution in [2.75, 3.05) is 7.05 Å². The van der Waals surface area contributed by atoms with Crippen molar-refractivity contribution in [3.8, 4) is 0 Å². The lowest BCUT2D eigenvalue weighted by molar-refractivity contribution is -0.131. The van der Waals surface area contributed by atoms with Gasteiger partial charge >= 0.3 is 5.97 Å². The molecule has 1 heterocycles. The Balaban J connectivity index is 2.02. The molecule has 0 spiro atoms. The second kappa shape index (κ2) is 6.54. The van der Waals surface area contributed by atoms with Gasteiger partial charge in [0.25, 0.3) is 0 Å². The Morgan fingerprint density at radius 2 is 1.90 bits per heavy atom. The number of carbonyl (C=O) groups excluding carboxylic acids is 1. The highest BCUT2D eigenvalue weighted by Gasteiger charge is 2.20. The van der Waals surface area contributed by atoms with E-state index < -0.39 is 5.97 Å². The van der Waals surface area contributed by atoms with Crippen molar-refractivity contribution in [2.45, 2.75) is 19.4 Å². The SMILES string of the molecule is C[C@H](C(=O)N(C)Cc1ccc(C(=O)O)cc1)c1cccs1. The maximum absolute atomic E-state index is 12.4. The highest BCUT2D eigenvalue weighted by molar-refractivity contribution is 7.10. The number of amides is 1. The minimum atomic E-state index is -0.947. The normalized spacial score (nSPS) is 11.9. The van der Waals surface area contributed by atoms with E-state index in [-0.39, 0.29) is 17.4 Å². The molecule has 0 radical (unpaired) electrons. The van der Waals surface area contributed by atoms with Gasteiger partial charge in [-0.3, -0.25) is 4.79 Å². The monoisotopic (exact) mass is 303 g/mol. The van der Waals surface area contributed by atoms with E-state index in [1.807, 2.05) is 24.4 Å². The molecule has 110 valence electrons. The Hall–Kier alpha value is -2.14. The summed E-state index contributed by atoms with van der Waals surface area (Å²) in [6.45, 7) is 2.37. The average molecular weight is 303 g/mol. The van der Waals surface area contributed by atoms with E-state index in [9.17, 15) is 9.59 Å². The van der Waals surface area contributed by atoms with E-state index in [2.05, 4.69) is 0 Å². The zero-order chi connectivity index (χ0) is 15.4. The molecule has 1 aromatic heterocycles. The standard InChI is InChI=1S/C16H17NO3S/c1-11(14-4-3-9-21-14)15(18)17(2)10-12-5-7-13(8-6-12)16(19)20/h3-9,11H,10H2,1-2H3,(H,19,20)/t11-/m0/s1. The molecule has 1 amide bonds. The van der Waals surface area contributed by atoms with Crippen LogP contribution >= 0.6 is 11.3 Å². The lowest BCUT2D eigenvalue weighted by Gasteiger charge is -2.21. The van der Waals surface area contributed by atoms with Gasteiger partial charge in [-0.05, 0) is 36.1 Å². The van der Waals surface area contributed by atoms with Crippen LogP contribution in [0.1, 0.15) is 33.6 Å². The van der Waals surface area contributed by atoms with Crippen LogP contribution in [-0.4, -0.2) is 28.9 Å². The van der Waals surface area contributed by atoms with Crippen LogP contribution in [0.2, 0.25) is 0 Å². The Morgan fingerprint density at radius 3 is 2.43 bits per heavy atom. The quantitative estimate of drug-likeness (QED) is 0.922. The Morgan fingerprint density at radius 1 is 1.24 bits per heavy atom. The first-order valence-electron chi connectivity index (χ1n) is 6.59. The topological polar surface area (TPSA) is 57.6 Å². The molecule has 21 heavy (non-hydrogen) atoms. The number of benzene rings is 1. The maximum Gasteiger partial charge on any atom is 0.335 e. The lowest BCUT2D eigenvalue weighted by atomic mass is 10.1. The lowest BCUT2D eigenvalue weighted by Crippen LogP contribution is -2.29. The molecule has 0 saturated heterocycles. The molecule has 2 rings (SSSR count). The van der Waals surface area contributed by atoms with E-state index in [1.54, 1.807) is 47.5 Å². The van der Waals surface area contributed by atoms with Crippen LogP contribution in [0.4, 0.5) is 0 Å². The summed E-state index contributed by atoms with van der Waals surface area (Å²) in [5, 5.41) is 10.8. The molecule has 0 aliphatic heterocycles. The largest absolute Gasteiger partial charge is 0.478 e. The molecule has 1 atom stereocenters. The summed E-state index contributed by atoms with van der Waals surface area (Å²) < 4.78 is 0. The number of hydrogen-bond acceptors (Lipinski definition) is 3. The predicted molar refractivity (Wildman–Crippen MR) is 82.6 cm³/mol. The number of hydrogen-bond donors (Lipinski definition) is 1. The molecule has 1 N–H and O–H groups in total. The minimum absolute atomic E-state index is 0.0553. The van der Waals surface area contributed by atoms with Gasteiger partial charge in [-0.1, -0.05) is 18.2 Å². The summed E-state index contributed by atoms with van der Waals surface area (Å²) in [5.41, 5.74) is 1.16. The van der Waals surface area contributed by atoms with Gasteiger partial charge in [-0.15, -0.1) is 11.3 Å². The van der Waals surface area contributed by atoms with Crippen molar-refractivity contribution < 1.29 is 14.7 Å². The smallest absolute Gasteiger partial charge is 0.335 e. The van der Waals surface area contributed by atoms with Crippen molar-refractivity contribution in [3.05, 3.63) is 57.8 Å². The van der Waals surface area contributed by atoms with Gasteiger partial charge in [-0.2, -0.15) is 0 Å². The second-order valence-electron chi connectivity index (χ2n) is 4.93. The van der Waals surface area contributed by atoms with Gasteiger partial charge in [0.05, 0.1) is 11.5 Å². The first kappa shape index (κ1) is 15.3. The van der Waals surface area contributed by atoms with Crippen molar-refractivity contribution in [2.24, 2.45) is 0 Å². The fraction of sp³-hybridized carbons (Fsp3) is 0.250. The van der Waals surface area contributed by atoms with E-state index in [0.29, 0.717) is 6.54 Å². The van der Waals surface area contributed by atoms with Gasteiger partial charge < -0.3 is 10.0 Å². The zero-order valence-electron chi connectivity index (χ0n) is 11.9. The summed E-state index contributed by atoms with van der Waals surface area (Å²) in [6, 6.07) is 10.5. The van der Waals surface area contributed by atoms with Gasteiger partial charge in [0, 0.05) is 18.5 Å². The number of rotatable bonds is 5. The maximum atomic E-state index is 12.4. The van der Waals surface area contributed by atoms with Crippen molar-refractivity contribution in [1.82, 2.24) is 4.90 Å². The molecule has 2 aromatic rings. The molecule has 0 saturated carbocycles. The molecular weight excluding hydrogens is 286 g/mol. The van der Waals surface area contributed by atoms with Crippen LogP contribution in [0.5, 0.6) is 0 Å². The molecule has 1 aromatic carbocycles. The highest BCUT2D eigenvalue weighted by Crippen LogP contribution is 2.23. The van der Waals surface area contributed by atoms with Gasteiger partial charge in [0.2, 0.25) is 5.91 Å². The summed E-state index contributed by atoms with van der Waals surface area (Å²) in [5.74, 6) is -1.05. The van der Waals surface area contributed by atoms with E-state index >= 15 is 0 Å². The number of carboxylic acids is 1. The summed E-state index contributed by atoms with van der Waals surface area (Å²) >= 11 is 1.58. The van der Waals surface area contributed by atoms with Gasteiger partial charge in [0.1, 0.15) is 0 Å². The van der Waals surface area contributed by atoms with Crippen LogP contribution < -0.4 is 0 Å². The number of aromatic carboxylic acids is 1. The average Bonchev–Trinajstić information content (AvgIpc) is 3.00. The third-order valence-corrected chi connectivity index (χ3v) is 4.39. The van der Waals surface area contributed by atoms with Crippen LogP contribution in [-0.2, 0) is 11.3 Å². The fourth-order valence-electron chi connectivity index (χ4n) is 2.09. The van der Waals surface area contributed by atoms with Crippen molar-refractivity contribution >= 4 is 23.2 Å². The molecule has 0 bridgehead atoms. The Bertz CT molecular complexity index is 619. The molecule has 0 aliphatic carbocycles. The van der Waals surface area contributed by atoms with Crippen LogP contribution in [0.15, 0.2) is 41.8 Å². The second-order valence-corrected chi connectivity index (χ2v) is 5.91. The highest BCUT2D eigenvalue weighted by atomic mass is 32.1. The minimum Gasteiger partial charge on any atom is -0.478 e. The van der Waals surface area contributed by atoms with Crippen molar-refractivity contribution in [1.29, 1.82) is 0 Å². The van der Waals surface area contributed by atoms with E-state index in [0.717, 1.165) is 10.4 Å². The first-order chi connectivity index (χ1) is 9.99. The van der Waals surface area contributed by atoms with Gasteiger partial charge in [-0.25, -0.2) is 4.79 Å². The predicted octanol–water partition coefficient (Wildman–Crippen LogP) is 3.21. The molecular formula is C16H17NO3S. The number of nitrogens with zero attached hydrogens (tertiary/aromatic N) is 1. The number of carboxylic acid groups (broad SMARTS) is 1. The summed E-state index contributed by atoms with van der Waals surface area (Å²) in [4.78, 5) is 25.9. The van der Waals surface area contributed by atoms with Gasteiger partial charge in [0.15, 0.2) is 0 Å². The van der Waals surface area contributed by atoms with Crippen LogP contribution in [0, 0.1) is 0 Å². The number of carbonyl (C=O) groups is 2. The first-order valence-corrected chi connectivity index (χ1v) is 7.47. The number of thiophene rings is 1. The summed E-state index contributed by atoms with van der Waals surface area (Å²) in [7, 11) is 1.76. The van der Waals surface area contributed by atoms with Crippen molar-refractivity contribution in [3.63, 3.8) is 0 Å². The summed E-state index contributed by atoms with van der Waals surface area (Å²) in [6.07, 6.45) is 0. The van der Waals surface area contributed by atoms with E-state index in [4.69, 9.17) is 5.11 Å². The molecule has 5 heteroatoms. The molecule has 0 fully saturated rings. The Kier molecular flexibility index (Phi) is 4.75. The third kappa shape index (κ3) is 3.70. The van der Waals surface area contributed by atoms with Crippen LogP contribution in [0.25, 0.3) is 0 Å². The third-order valence-electron chi connectivity index (χ3n) is 3.34. The zero-order valence-corrected chi connectivity index (χ0v) is 12.8.